The van der Waals surface area contributed by atoms with E-state index in [1.54, 1.807) is 18.0 Å². The van der Waals surface area contributed by atoms with Gasteiger partial charge in [0.2, 0.25) is 11.8 Å². The third-order valence-corrected chi connectivity index (χ3v) is 6.44. The molecule has 178 valence electrons. The lowest BCUT2D eigenvalue weighted by molar-refractivity contribution is -0.141. The number of nitrogens with zero attached hydrogens (tertiary/aromatic N) is 2. The first kappa shape index (κ1) is 27.1. The molecule has 2 amide bonds. The van der Waals surface area contributed by atoms with Crippen LogP contribution >= 0.6 is 0 Å². The molecule has 1 aliphatic heterocycles. The molecule has 1 aliphatic rings. The molecule has 0 radical (unpaired) electrons. The largest absolute Gasteiger partial charge is 0.478 e. The van der Waals surface area contributed by atoms with Crippen LogP contribution in [-0.4, -0.2) is 71.5 Å². The molecule has 0 aromatic carbocycles. The summed E-state index contributed by atoms with van der Waals surface area (Å²) < 4.78 is 0. The second-order valence-corrected chi connectivity index (χ2v) is 10.5. The fourth-order valence-corrected chi connectivity index (χ4v) is 4.22. The number of amides is 2. The van der Waals surface area contributed by atoms with E-state index >= 15 is 0 Å². The summed E-state index contributed by atoms with van der Waals surface area (Å²) in [7, 11) is 3.66. The summed E-state index contributed by atoms with van der Waals surface area (Å²) in [5, 5.41) is 12.3. The number of carbonyl (C=O) groups is 3. The maximum absolute atomic E-state index is 13.5. The van der Waals surface area contributed by atoms with E-state index < -0.39 is 17.4 Å². The number of likely N-dealkylation sites (N-methyl/N-ethyl adjacent to an activating group) is 2. The van der Waals surface area contributed by atoms with Gasteiger partial charge in [0.05, 0.1) is 12.1 Å². The molecular weight excluding hydrogens is 394 g/mol. The lowest BCUT2D eigenvalue weighted by atomic mass is 9.84. The molecule has 0 aromatic heterocycles. The first-order chi connectivity index (χ1) is 14.2. The second-order valence-electron chi connectivity index (χ2n) is 10.5. The number of carboxylic acid groups (broad SMARTS) is 1. The molecule has 4 atom stereocenters. The third kappa shape index (κ3) is 7.34. The van der Waals surface area contributed by atoms with Crippen LogP contribution in [0.4, 0.5) is 0 Å². The van der Waals surface area contributed by atoms with Gasteiger partial charge in [0, 0.05) is 19.2 Å². The lowest BCUT2D eigenvalue weighted by Crippen LogP contribution is -2.60. The van der Waals surface area contributed by atoms with Crippen molar-refractivity contribution in [3.05, 3.63) is 11.6 Å². The number of aliphatic carboxylic acids is 1. The fourth-order valence-electron chi connectivity index (χ4n) is 4.22. The molecule has 0 saturated carbocycles. The van der Waals surface area contributed by atoms with Gasteiger partial charge in [-0.15, -0.1) is 0 Å². The minimum absolute atomic E-state index is 0.0232. The van der Waals surface area contributed by atoms with Crippen LogP contribution in [0.5, 0.6) is 0 Å². The first-order valence-corrected chi connectivity index (χ1v) is 11.4. The Bertz CT molecular complexity index is 681. The van der Waals surface area contributed by atoms with Crippen molar-refractivity contribution < 1.29 is 19.5 Å². The van der Waals surface area contributed by atoms with Crippen LogP contribution in [0, 0.1) is 17.3 Å². The molecule has 0 aliphatic carbocycles. The first-order valence-electron chi connectivity index (χ1n) is 11.4. The van der Waals surface area contributed by atoms with Crippen molar-refractivity contribution in [3.8, 4) is 0 Å². The Kier molecular flexibility index (Phi) is 9.73. The number of nitrogens with one attached hydrogen (secondary N) is 1. The monoisotopic (exact) mass is 437 g/mol. The maximum Gasteiger partial charge on any atom is 0.331 e. The molecule has 31 heavy (non-hydrogen) atoms. The average molecular weight is 438 g/mol. The highest BCUT2D eigenvalue weighted by molar-refractivity contribution is 5.91. The number of rotatable bonds is 8. The Labute approximate surface area is 188 Å². The summed E-state index contributed by atoms with van der Waals surface area (Å²) in [6, 6.07) is -1.32. The smallest absolute Gasteiger partial charge is 0.331 e. The van der Waals surface area contributed by atoms with Crippen molar-refractivity contribution in [2.75, 3.05) is 20.6 Å². The number of piperidine rings is 1. The van der Waals surface area contributed by atoms with Crippen molar-refractivity contribution in [1.29, 1.82) is 0 Å². The summed E-state index contributed by atoms with van der Waals surface area (Å²) >= 11 is 0. The van der Waals surface area contributed by atoms with Crippen LogP contribution in [0.25, 0.3) is 0 Å². The Morgan fingerprint density at radius 2 is 1.81 bits per heavy atom. The molecule has 0 aromatic rings. The van der Waals surface area contributed by atoms with Crippen LogP contribution < -0.4 is 5.32 Å². The Morgan fingerprint density at radius 1 is 1.23 bits per heavy atom. The van der Waals surface area contributed by atoms with Crippen molar-refractivity contribution in [1.82, 2.24) is 15.1 Å². The van der Waals surface area contributed by atoms with Gasteiger partial charge in [-0.1, -0.05) is 54.0 Å². The van der Waals surface area contributed by atoms with E-state index in [1.807, 2.05) is 41.7 Å². The van der Waals surface area contributed by atoms with Crippen LogP contribution in [0.2, 0.25) is 0 Å². The standard InChI is InChI=1S/C24H43N3O4/c1-10-17-11-12-18(26(8)14-17)21(28)25-20(24(5,6)7)22(29)27(9)19(15(2)3)13-16(4)23(30)31/h13,15,17-20H,10-12,14H2,1-9H3,(H,25,28)(H,30,31)/b16-13+/t17?,18?,19-,20?/m1/s1. The molecule has 7 nitrogen and oxygen atoms in total. The number of hydrogen-bond donors (Lipinski definition) is 2. The highest BCUT2D eigenvalue weighted by atomic mass is 16.4. The van der Waals surface area contributed by atoms with E-state index in [9.17, 15) is 19.5 Å². The highest BCUT2D eigenvalue weighted by Crippen LogP contribution is 2.26. The van der Waals surface area contributed by atoms with Gasteiger partial charge < -0.3 is 15.3 Å². The van der Waals surface area contributed by atoms with Gasteiger partial charge in [0.1, 0.15) is 6.04 Å². The van der Waals surface area contributed by atoms with Gasteiger partial charge in [0.15, 0.2) is 0 Å². The molecule has 7 heteroatoms. The minimum Gasteiger partial charge on any atom is -0.478 e. The molecule has 1 heterocycles. The van der Waals surface area contributed by atoms with Gasteiger partial charge in [-0.2, -0.15) is 0 Å². The molecule has 1 fully saturated rings. The summed E-state index contributed by atoms with van der Waals surface area (Å²) in [6.07, 6.45) is 4.53. The van der Waals surface area contributed by atoms with E-state index in [-0.39, 0.29) is 35.4 Å². The zero-order valence-electron chi connectivity index (χ0n) is 20.9. The van der Waals surface area contributed by atoms with Crippen molar-refractivity contribution in [2.45, 2.75) is 85.9 Å². The number of carbonyl (C=O) groups excluding carboxylic acids is 2. The SMILES string of the molecule is CCC1CCC(C(=O)NC(C(=O)N(C)[C@H](/C=C(\C)C(=O)O)C(C)C)C(C)(C)C)N(C)C1. The minimum atomic E-state index is -1.00. The normalized spacial score (nSPS) is 22.7. The lowest BCUT2D eigenvalue weighted by Gasteiger charge is -2.40. The second kappa shape index (κ2) is 11.1. The van der Waals surface area contributed by atoms with Crippen molar-refractivity contribution in [2.24, 2.45) is 17.3 Å². The van der Waals surface area contributed by atoms with Gasteiger partial charge >= 0.3 is 5.97 Å². The summed E-state index contributed by atoms with van der Waals surface area (Å²) in [4.78, 5) is 41.6. The third-order valence-electron chi connectivity index (χ3n) is 6.44. The van der Waals surface area contributed by atoms with Crippen molar-refractivity contribution >= 4 is 17.8 Å². The molecule has 2 N–H and O–H groups in total. The number of hydrogen-bond acceptors (Lipinski definition) is 4. The molecular formula is C24H43N3O4. The molecule has 0 bridgehead atoms. The van der Waals surface area contributed by atoms with E-state index in [4.69, 9.17) is 0 Å². The fraction of sp³-hybridized carbons (Fsp3) is 0.792. The van der Waals surface area contributed by atoms with E-state index in [0.29, 0.717) is 5.92 Å². The molecule has 0 spiro atoms. The predicted octanol–water partition coefficient (Wildman–Crippen LogP) is 3.15. The zero-order valence-corrected chi connectivity index (χ0v) is 20.9. The molecule has 1 saturated heterocycles. The van der Waals surface area contributed by atoms with Crippen LogP contribution in [0.15, 0.2) is 11.6 Å². The topological polar surface area (TPSA) is 90.0 Å². The van der Waals surface area contributed by atoms with Crippen LogP contribution in [0.1, 0.15) is 67.7 Å². The van der Waals surface area contributed by atoms with Crippen LogP contribution in [0.3, 0.4) is 0 Å². The number of likely N-dealkylation sites (tertiary alicyclic amines) is 1. The number of carboxylic acids is 1. The highest BCUT2D eigenvalue weighted by Gasteiger charge is 2.39. The predicted molar refractivity (Wildman–Crippen MR) is 124 cm³/mol. The maximum atomic E-state index is 13.5. The van der Waals surface area contributed by atoms with E-state index in [2.05, 4.69) is 17.1 Å². The quantitative estimate of drug-likeness (QED) is 0.570. The Hall–Kier alpha value is -1.89. The average Bonchev–Trinajstić information content (AvgIpc) is 2.67. The Balaban J connectivity index is 3.08. The summed E-state index contributed by atoms with van der Waals surface area (Å²) in [6.45, 7) is 14.3. The van der Waals surface area contributed by atoms with Gasteiger partial charge in [-0.05, 0) is 44.1 Å². The summed E-state index contributed by atoms with van der Waals surface area (Å²) in [5.74, 6) is -0.694. The molecule has 1 rings (SSSR count). The molecule has 3 unspecified atom stereocenters. The van der Waals surface area contributed by atoms with E-state index in [1.165, 1.54) is 6.92 Å². The van der Waals surface area contributed by atoms with Gasteiger partial charge in [-0.25, -0.2) is 4.79 Å². The van der Waals surface area contributed by atoms with E-state index in [0.717, 1.165) is 25.8 Å². The zero-order chi connectivity index (χ0) is 24.1. The Morgan fingerprint density at radius 3 is 2.23 bits per heavy atom. The summed E-state index contributed by atoms with van der Waals surface area (Å²) in [5.41, 5.74) is -0.295. The van der Waals surface area contributed by atoms with Crippen molar-refractivity contribution in [3.63, 3.8) is 0 Å². The van der Waals surface area contributed by atoms with Gasteiger partial charge in [-0.3, -0.25) is 14.5 Å². The van der Waals surface area contributed by atoms with Crippen LogP contribution in [-0.2, 0) is 14.4 Å². The van der Waals surface area contributed by atoms with Gasteiger partial charge in [0.25, 0.3) is 0 Å².